The van der Waals surface area contributed by atoms with Gasteiger partial charge in [0.2, 0.25) is 0 Å². The molecule has 0 bridgehead atoms. The minimum absolute atomic E-state index is 0.910. The number of rotatable bonds is 2. The highest BCUT2D eigenvalue weighted by atomic mass is 28.4. The van der Waals surface area contributed by atoms with Gasteiger partial charge >= 0.3 is 0 Å². The van der Waals surface area contributed by atoms with E-state index in [9.17, 15) is 0 Å². The molecule has 0 rings (SSSR count). The van der Waals surface area contributed by atoms with Crippen LogP contribution in [0.4, 0.5) is 0 Å². The molecule has 68 valence electrons. The van der Waals surface area contributed by atoms with Crippen LogP contribution in [-0.4, -0.2) is 15.4 Å². The van der Waals surface area contributed by atoms with Gasteiger partial charge in [-0.05, 0) is 33.0 Å². The van der Waals surface area contributed by atoms with Gasteiger partial charge in [-0.25, -0.2) is 0 Å². The molecule has 0 aromatic carbocycles. The topological polar surface area (TPSA) is 9.23 Å². The lowest BCUT2D eigenvalue weighted by Crippen LogP contribution is -2.27. The van der Waals surface area contributed by atoms with Crippen molar-refractivity contribution in [1.82, 2.24) is 0 Å². The monoisotopic (exact) mass is 182 g/mol. The van der Waals surface area contributed by atoms with Crippen LogP contribution < -0.4 is 0 Å². The van der Waals surface area contributed by atoms with Crippen molar-refractivity contribution in [3.8, 4) is 11.8 Å². The highest BCUT2D eigenvalue weighted by Gasteiger charge is 2.18. The summed E-state index contributed by atoms with van der Waals surface area (Å²) in [5.74, 6) is 6.14. The summed E-state index contributed by atoms with van der Waals surface area (Å²) in [6.07, 6.45) is 1.94. The van der Waals surface area contributed by atoms with Gasteiger partial charge in [0, 0.05) is 13.2 Å². The molecule has 0 spiro atoms. The van der Waals surface area contributed by atoms with Gasteiger partial charge in [-0.3, -0.25) is 0 Å². The lowest BCUT2D eigenvalue weighted by molar-refractivity contribution is 0.407. The first kappa shape index (κ1) is 11.5. The fraction of sp³-hybridized carbons (Fsp3) is 0.600. The first-order valence-corrected chi connectivity index (χ1v) is 7.26. The molecular weight excluding hydrogens is 164 g/mol. The summed E-state index contributed by atoms with van der Waals surface area (Å²) in [5.41, 5.74) is 1.25. The molecule has 0 heterocycles. The van der Waals surface area contributed by atoms with Crippen LogP contribution in [-0.2, 0) is 4.43 Å². The maximum absolute atomic E-state index is 5.36. The first-order valence-electron chi connectivity index (χ1n) is 4.15. The van der Waals surface area contributed by atoms with Crippen LogP contribution in [0.25, 0.3) is 0 Å². The number of hydrogen-bond donors (Lipinski definition) is 0. The highest BCUT2D eigenvalue weighted by molar-refractivity contribution is 6.71. The maximum Gasteiger partial charge on any atom is 0.197 e. The lowest BCUT2D eigenvalue weighted by Gasteiger charge is -2.15. The standard InChI is InChI=1S/C10H18OSi/c1-10(2)8-6-7-9-12(4,5)11-3/h8H,9H2,1-5H3. The minimum atomic E-state index is -1.45. The van der Waals surface area contributed by atoms with E-state index in [1.54, 1.807) is 7.11 Å². The molecule has 0 N–H and O–H groups in total. The predicted molar refractivity (Wildman–Crippen MR) is 56.5 cm³/mol. The van der Waals surface area contributed by atoms with Gasteiger partial charge in [0.1, 0.15) is 0 Å². The predicted octanol–water partition coefficient (Wildman–Crippen LogP) is 2.81. The van der Waals surface area contributed by atoms with Crippen molar-refractivity contribution in [2.75, 3.05) is 7.11 Å². The van der Waals surface area contributed by atoms with Gasteiger partial charge in [-0.1, -0.05) is 17.4 Å². The van der Waals surface area contributed by atoms with Crippen LogP contribution in [0.1, 0.15) is 13.8 Å². The summed E-state index contributed by atoms with van der Waals surface area (Å²) in [6, 6.07) is 0.910. The first-order chi connectivity index (χ1) is 5.48. The summed E-state index contributed by atoms with van der Waals surface area (Å²) >= 11 is 0. The van der Waals surface area contributed by atoms with E-state index in [0.717, 1.165) is 6.04 Å². The van der Waals surface area contributed by atoms with E-state index in [-0.39, 0.29) is 0 Å². The van der Waals surface area contributed by atoms with E-state index in [1.165, 1.54) is 5.57 Å². The Hall–Kier alpha value is -0.523. The molecule has 0 aromatic rings. The summed E-state index contributed by atoms with van der Waals surface area (Å²) < 4.78 is 5.36. The Morgan fingerprint density at radius 3 is 2.42 bits per heavy atom. The Labute approximate surface area is 77.0 Å². The zero-order valence-electron chi connectivity index (χ0n) is 8.69. The molecular formula is C10H18OSi. The molecule has 12 heavy (non-hydrogen) atoms. The second-order valence-corrected chi connectivity index (χ2v) is 7.96. The van der Waals surface area contributed by atoms with Gasteiger partial charge in [0.05, 0.1) is 0 Å². The van der Waals surface area contributed by atoms with Crippen LogP contribution in [0.15, 0.2) is 11.6 Å². The van der Waals surface area contributed by atoms with Crippen molar-refractivity contribution in [3.05, 3.63) is 11.6 Å². The molecule has 0 radical (unpaired) electrons. The van der Waals surface area contributed by atoms with Crippen LogP contribution in [0.5, 0.6) is 0 Å². The molecule has 0 amide bonds. The fourth-order valence-electron chi connectivity index (χ4n) is 0.531. The largest absolute Gasteiger partial charge is 0.420 e. The molecule has 0 saturated heterocycles. The van der Waals surface area contributed by atoms with E-state index in [1.807, 2.05) is 19.9 Å². The average Bonchev–Trinajstić information content (AvgIpc) is 1.98. The van der Waals surface area contributed by atoms with Crippen LogP contribution in [0, 0.1) is 11.8 Å². The van der Waals surface area contributed by atoms with E-state index < -0.39 is 8.32 Å². The molecule has 0 saturated carbocycles. The van der Waals surface area contributed by atoms with Gasteiger partial charge in [0.25, 0.3) is 0 Å². The number of allylic oxidation sites excluding steroid dienone is 2. The third kappa shape index (κ3) is 6.20. The van der Waals surface area contributed by atoms with Gasteiger partial charge in [0.15, 0.2) is 8.32 Å². The Morgan fingerprint density at radius 2 is 2.00 bits per heavy atom. The third-order valence-electron chi connectivity index (χ3n) is 1.53. The fourth-order valence-corrected chi connectivity index (χ4v) is 1.20. The van der Waals surface area contributed by atoms with Crippen LogP contribution in [0.2, 0.25) is 19.1 Å². The molecule has 0 aliphatic heterocycles. The van der Waals surface area contributed by atoms with Gasteiger partial charge in [-0.15, -0.1) is 0 Å². The van der Waals surface area contributed by atoms with Crippen molar-refractivity contribution in [1.29, 1.82) is 0 Å². The second-order valence-electron chi connectivity index (χ2n) is 3.68. The quantitative estimate of drug-likeness (QED) is 0.471. The van der Waals surface area contributed by atoms with E-state index >= 15 is 0 Å². The van der Waals surface area contributed by atoms with E-state index in [4.69, 9.17) is 4.43 Å². The summed E-state index contributed by atoms with van der Waals surface area (Å²) in [5, 5.41) is 0. The Bertz CT molecular complexity index is 214. The Balaban J connectivity index is 3.95. The molecule has 2 heteroatoms. The molecule has 0 fully saturated rings. The summed E-state index contributed by atoms with van der Waals surface area (Å²) in [6.45, 7) is 8.44. The highest BCUT2D eigenvalue weighted by Crippen LogP contribution is 2.07. The molecule has 0 atom stereocenters. The summed E-state index contributed by atoms with van der Waals surface area (Å²) in [7, 11) is 0.320. The molecule has 1 nitrogen and oxygen atoms in total. The average molecular weight is 182 g/mol. The van der Waals surface area contributed by atoms with Crippen molar-refractivity contribution in [2.45, 2.75) is 33.0 Å². The van der Waals surface area contributed by atoms with Crippen LogP contribution in [0.3, 0.4) is 0 Å². The van der Waals surface area contributed by atoms with E-state index in [0.29, 0.717) is 0 Å². The third-order valence-corrected chi connectivity index (χ3v) is 3.66. The summed E-state index contributed by atoms with van der Waals surface area (Å²) in [4.78, 5) is 0. The SMILES string of the molecule is CO[Si](C)(C)CC#CC=C(C)C. The second kappa shape index (κ2) is 5.18. The van der Waals surface area contributed by atoms with E-state index in [2.05, 4.69) is 24.9 Å². The number of hydrogen-bond acceptors (Lipinski definition) is 1. The molecule has 0 aromatic heterocycles. The smallest absolute Gasteiger partial charge is 0.197 e. The van der Waals surface area contributed by atoms with Gasteiger partial charge < -0.3 is 4.43 Å². The Morgan fingerprint density at radius 1 is 1.42 bits per heavy atom. The van der Waals surface area contributed by atoms with Crippen molar-refractivity contribution in [3.63, 3.8) is 0 Å². The minimum Gasteiger partial charge on any atom is -0.420 e. The molecule has 0 aliphatic carbocycles. The zero-order valence-corrected chi connectivity index (χ0v) is 9.69. The van der Waals surface area contributed by atoms with Crippen molar-refractivity contribution in [2.24, 2.45) is 0 Å². The normalized spacial score (nSPS) is 10.1. The van der Waals surface area contributed by atoms with Crippen LogP contribution >= 0.6 is 0 Å². The van der Waals surface area contributed by atoms with Crippen molar-refractivity contribution >= 4 is 8.32 Å². The van der Waals surface area contributed by atoms with Gasteiger partial charge in [-0.2, -0.15) is 0 Å². The lowest BCUT2D eigenvalue weighted by atomic mass is 10.3. The molecule has 0 unspecified atom stereocenters. The zero-order chi connectivity index (χ0) is 9.61. The van der Waals surface area contributed by atoms with Crippen molar-refractivity contribution < 1.29 is 4.43 Å². The Kier molecular flexibility index (Phi) is 4.95. The molecule has 0 aliphatic rings. The maximum atomic E-state index is 5.36.